The van der Waals surface area contributed by atoms with E-state index in [1.54, 1.807) is 0 Å². The van der Waals surface area contributed by atoms with Crippen LogP contribution >= 0.6 is 0 Å². The molecule has 0 fully saturated rings. The number of nitrogen functional groups attached to an aromatic ring is 1. The summed E-state index contributed by atoms with van der Waals surface area (Å²) in [5.74, 6) is 0. The molecule has 2 aromatic rings. The van der Waals surface area contributed by atoms with Crippen molar-refractivity contribution >= 4 is 11.8 Å². The minimum absolute atomic E-state index is 0.151. The molecule has 0 aliphatic heterocycles. The lowest BCUT2D eigenvalue weighted by atomic mass is 10.1. The Kier molecular flexibility index (Phi) is 4.60. The normalized spacial score (nSPS) is 11.7. The van der Waals surface area contributed by atoms with Crippen LogP contribution in [-0.2, 0) is 11.3 Å². The Morgan fingerprint density at radius 3 is 2.65 bits per heavy atom. The van der Waals surface area contributed by atoms with Gasteiger partial charge in [0.15, 0.2) is 0 Å². The maximum atomic E-state index is 11.7. The summed E-state index contributed by atoms with van der Waals surface area (Å²) in [6, 6.07) is 16.8. The van der Waals surface area contributed by atoms with Crippen molar-refractivity contribution in [2.75, 3.05) is 5.73 Å². The van der Waals surface area contributed by atoms with E-state index in [1.165, 1.54) is 0 Å². The SMILES string of the molecule is CC(NC(=O)OCc1ccccc1)c1cccc(N)c1. The molecule has 2 aromatic carbocycles. The average Bonchev–Trinajstić information content (AvgIpc) is 2.46. The van der Waals surface area contributed by atoms with E-state index in [4.69, 9.17) is 10.5 Å². The topological polar surface area (TPSA) is 64.3 Å². The molecule has 0 heterocycles. The number of hydrogen-bond acceptors (Lipinski definition) is 3. The number of rotatable bonds is 4. The van der Waals surface area contributed by atoms with Crippen molar-refractivity contribution in [2.24, 2.45) is 0 Å². The van der Waals surface area contributed by atoms with Gasteiger partial charge in [-0.1, -0.05) is 42.5 Å². The summed E-state index contributed by atoms with van der Waals surface area (Å²) < 4.78 is 5.17. The highest BCUT2D eigenvalue weighted by atomic mass is 16.5. The van der Waals surface area contributed by atoms with Gasteiger partial charge in [0, 0.05) is 5.69 Å². The van der Waals surface area contributed by atoms with Crippen LogP contribution in [0.1, 0.15) is 24.1 Å². The number of anilines is 1. The van der Waals surface area contributed by atoms with E-state index in [0.717, 1.165) is 11.1 Å². The monoisotopic (exact) mass is 270 g/mol. The molecular weight excluding hydrogens is 252 g/mol. The van der Waals surface area contributed by atoms with E-state index in [9.17, 15) is 4.79 Å². The maximum absolute atomic E-state index is 11.7. The smallest absolute Gasteiger partial charge is 0.407 e. The fraction of sp³-hybridized carbons (Fsp3) is 0.188. The van der Waals surface area contributed by atoms with Gasteiger partial charge in [0.25, 0.3) is 0 Å². The van der Waals surface area contributed by atoms with Crippen LogP contribution in [0.15, 0.2) is 54.6 Å². The summed E-state index contributed by atoms with van der Waals surface area (Å²) in [4.78, 5) is 11.7. The highest BCUT2D eigenvalue weighted by Gasteiger charge is 2.10. The second kappa shape index (κ2) is 6.61. The number of carbonyl (C=O) groups is 1. The number of hydrogen-bond donors (Lipinski definition) is 2. The zero-order valence-corrected chi connectivity index (χ0v) is 11.4. The summed E-state index contributed by atoms with van der Waals surface area (Å²) in [6.07, 6.45) is -0.441. The lowest BCUT2D eigenvalue weighted by molar-refractivity contribution is 0.136. The Morgan fingerprint density at radius 2 is 1.95 bits per heavy atom. The molecule has 0 aliphatic carbocycles. The summed E-state index contributed by atoms with van der Waals surface area (Å²) in [5, 5.41) is 2.78. The summed E-state index contributed by atoms with van der Waals surface area (Å²) in [5.41, 5.74) is 8.30. The molecule has 0 bridgehead atoms. The molecule has 1 atom stereocenters. The van der Waals surface area contributed by atoms with Crippen molar-refractivity contribution in [1.82, 2.24) is 5.32 Å². The van der Waals surface area contributed by atoms with Gasteiger partial charge in [-0.2, -0.15) is 0 Å². The van der Waals surface area contributed by atoms with E-state index in [1.807, 2.05) is 61.5 Å². The Labute approximate surface area is 118 Å². The van der Waals surface area contributed by atoms with Crippen LogP contribution in [0, 0.1) is 0 Å². The molecule has 20 heavy (non-hydrogen) atoms. The maximum Gasteiger partial charge on any atom is 0.407 e. The van der Waals surface area contributed by atoms with Crippen molar-refractivity contribution in [3.05, 3.63) is 65.7 Å². The largest absolute Gasteiger partial charge is 0.445 e. The van der Waals surface area contributed by atoms with Crippen molar-refractivity contribution < 1.29 is 9.53 Å². The molecule has 0 aliphatic rings. The first-order valence-corrected chi connectivity index (χ1v) is 6.48. The molecular formula is C16H18N2O2. The number of alkyl carbamates (subject to hydrolysis) is 1. The van der Waals surface area contributed by atoms with E-state index in [0.29, 0.717) is 5.69 Å². The molecule has 1 unspecified atom stereocenters. The fourth-order valence-corrected chi connectivity index (χ4v) is 1.85. The Balaban J connectivity index is 1.85. The Bertz CT molecular complexity index is 570. The fourth-order valence-electron chi connectivity index (χ4n) is 1.85. The van der Waals surface area contributed by atoms with E-state index in [2.05, 4.69) is 5.32 Å². The lowest BCUT2D eigenvalue weighted by Crippen LogP contribution is -2.27. The highest BCUT2D eigenvalue weighted by Crippen LogP contribution is 2.15. The number of benzene rings is 2. The molecule has 0 aromatic heterocycles. The number of nitrogens with one attached hydrogen (secondary N) is 1. The predicted molar refractivity (Wildman–Crippen MR) is 79.0 cm³/mol. The van der Waals surface area contributed by atoms with Crippen LogP contribution in [0.2, 0.25) is 0 Å². The van der Waals surface area contributed by atoms with Crippen LogP contribution in [0.4, 0.5) is 10.5 Å². The molecule has 0 spiro atoms. The number of ether oxygens (including phenoxy) is 1. The first kappa shape index (κ1) is 13.9. The third-order valence-corrected chi connectivity index (χ3v) is 2.96. The zero-order chi connectivity index (χ0) is 14.4. The molecule has 2 rings (SSSR count). The van der Waals surface area contributed by atoms with Crippen LogP contribution in [0.25, 0.3) is 0 Å². The van der Waals surface area contributed by atoms with Gasteiger partial charge in [-0.15, -0.1) is 0 Å². The van der Waals surface area contributed by atoms with Crippen molar-refractivity contribution in [3.63, 3.8) is 0 Å². The molecule has 104 valence electrons. The summed E-state index contributed by atoms with van der Waals surface area (Å²) >= 11 is 0. The number of amides is 1. The molecule has 0 radical (unpaired) electrons. The van der Waals surface area contributed by atoms with Crippen LogP contribution in [0.3, 0.4) is 0 Å². The molecule has 1 amide bonds. The second-order valence-electron chi connectivity index (χ2n) is 4.60. The molecule has 0 saturated heterocycles. The molecule has 0 saturated carbocycles. The Hall–Kier alpha value is -2.49. The molecule has 4 nitrogen and oxygen atoms in total. The third kappa shape index (κ3) is 4.02. The standard InChI is InChI=1S/C16H18N2O2/c1-12(14-8-5-9-15(17)10-14)18-16(19)20-11-13-6-3-2-4-7-13/h2-10,12H,11,17H2,1H3,(H,18,19). The van der Waals surface area contributed by atoms with E-state index < -0.39 is 6.09 Å². The first-order valence-electron chi connectivity index (χ1n) is 6.48. The van der Waals surface area contributed by atoms with E-state index >= 15 is 0 Å². The summed E-state index contributed by atoms with van der Waals surface area (Å²) in [6.45, 7) is 2.15. The van der Waals surface area contributed by atoms with Crippen molar-refractivity contribution in [3.8, 4) is 0 Å². The number of nitrogens with two attached hydrogens (primary N) is 1. The van der Waals surface area contributed by atoms with Gasteiger partial charge in [0.2, 0.25) is 0 Å². The molecule has 4 heteroatoms. The first-order chi connectivity index (χ1) is 9.65. The van der Waals surface area contributed by atoms with Crippen LogP contribution in [0.5, 0.6) is 0 Å². The van der Waals surface area contributed by atoms with Crippen LogP contribution < -0.4 is 11.1 Å². The third-order valence-electron chi connectivity index (χ3n) is 2.96. The minimum Gasteiger partial charge on any atom is -0.445 e. The number of carbonyl (C=O) groups excluding carboxylic acids is 1. The van der Waals surface area contributed by atoms with Gasteiger partial charge < -0.3 is 15.8 Å². The van der Waals surface area contributed by atoms with Crippen LogP contribution in [-0.4, -0.2) is 6.09 Å². The Morgan fingerprint density at radius 1 is 1.20 bits per heavy atom. The van der Waals surface area contributed by atoms with Gasteiger partial charge in [-0.05, 0) is 30.2 Å². The summed E-state index contributed by atoms with van der Waals surface area (Å²) in [7, 11) is 0. The van der Waals surface area contributed by atoms with Crippen molar-refractivity contribution in [1.29, 1.82) is 0 Å². The second-order valence-corrected chi connectivity index (χ2v) is 4.60. The quantitative estimate of drug-likeness (QED) is 0.838. The predicted octanol–water partition coefficient (Wildman–Crippen LogP) is 3.26. The van der Waals surface area contributed by atoms with Gasteiger partial charge >= 0.3 is 6.09 Å². The molecule has 3 N–H and O–H groups in total. The highest BCUT2D eigenvalue weighted by molar-refractivity contribution is 5.68. The van der Waals surface area contributed by atoms with Gasteiger partial charge in [0.1, 0.15) is 6.61 Å². The van der Waals surface area contributed by atoms with Gasteiger partial charge in [0.05, 0.1) is 6.04 Å². The van der Waals surface area contributed by atoms with E-state index in [-0.39, 0.29) is 12.6 Å². The van der Waals surface area contributed by atoms with Gasteiger partial charge in [-0.25, -0.2) is 4.79 Å². The van der Waals surface area contributed by atoms with Gasteiger partial charge in [-0.3, -0.25) is 0 Å². The average molecular weight is 270 g/mol. The minimum atomic E-state index is -0.441. The lowest BCUT2D eigenvalue weighted by Gasteiger charge is -2.14. The zero-order valence-electron chi connectivity index (χ0n) is 11.4. The van der Waals surface area contributed by atoms with Crippen molar-refractivity contribution in [2.45, 2.75) is 19.6 Å².